The molecule has 2 aromatic rings. The molecule has 3 heteroatoms. The van der Waals surface area contributed by atoms with Gasteiger partial charge < -0.3 is 5.32 Å². The molecular formula is C14H16BrNS. The van der Waals surface area contributed by atoms with E-state index >= 15 is 0 Å². The molecule has 0 amide bonds. The zero-order chi connectivity index (χ0) is 12.4. The molecule has 0 radical (unpaired) electrons. The second-order valence-electron chi connectivity index (χ2n) is 4.24. The van der Waals surface area contributed by atoms with E-state index in [0.717, 1.165) is 0 Å². The van der Waals surface area contributed by atoms with Gasteiger partial charge in [0.2, 0.25) is 0 Å². The van der Waals surface area contributed by atoms with E-state index in [-0.39, 0.29) is 6.04 Å². The van der Waals surface area contributed by atoms with E-state index in [1.54, 1.807) is 11.3 Å². The van der Waals surface area contributed by atoms with Gasteiger partial charge in [0.15, 0.2) is 0 Å². The highest BCUT2D eigenvalue weighted by molar-refractivity contribution is 9.10. The quantitative estimate of drug-likeness (QED) is 0.884. The van der Waals surface area contributed by atoms with Crippen LogP contribution in [-0.4, -0.2) is 7.05 Å². The van der Waals surface area contributed by atoms with Gasteiger partial charge in [-0.15, -0.1) is 0 Å². The second kappa shape index (κ2) is 5.34. The van der Waals surface area contributed by atoms with Crippen molar-refractivity contribution in [3.05, 3.63) is 55.7 Å². The molecule has 0 bridgehead atoms. The van der Waals surface area contributed by atoms with E-state index in [2.05, 4.69) is 64.1 Å². The predicted molar refractivity (Wildman–Crippen MR) is 78.8 cm³/mol. The Bertz CT molecular complexity index is 505. The number of aryl methyl sites for hydroxylation is 2. The van der Waals surface area contributed by atoms with Crippen molar-refractivity contribution in [2.24, 2.45) is 0 Å². The molecule has 1 nitrogen and oxygen atoms in total. The Morgan fingerprint density at radius 1 is 1.24 bits per heavy atom. The summed E-state index contributed by atoms with van der Waals surface area (Å²) < 4.78 is 1.18. The summed E-state index contributed by atoms with van der Waals surface area (Å²) in [6.07, 6.45) is 0. The molecular weight excluding hydrogens is 294 g/mol. The van der Waals surface area contributed by atoms with Crippen LogP contribution in [0, 0.1) is 13.8 Å². The lowest BCUT2D eigenvalue weighted by Gasteiger charge is -2.19. The lowest BCUT2D eigenvalue weighted by atomic mass is 9.95. The van der Waals surface area contributed by atoms with Crippen LogP contribution in [0.15, 0.2) is 33.4 Å². The molecule has 0 spiro atoms. The van der Waals surface area contributed by atoms with E-state index in [1.165, 1.54) is 26.7 Å². The molecule has 0 fully saturated rings. The van der Waals surface area contributed by atoms with Gasteiger partial charge in [-0.3, -0.25) is 0 Å². The Kier molecular flexibility index (Phi) is 4.02. The summed E-state index contributed by atoms with van der Waals surface area (Å²) in [6.45, 7) is 4.30. The number of nitrogens with one attached hydrogen (secondary N) is 1. The first kappa shape index (κ1) is 12.8. The van der Waals surface area contributed by atoms with Gasteiger partial charge in [0.05, 0.1) is 6.04 Å². The van der Waals surface area contributed by atoms with Gasteiger partial charge >= 0.3 is 0 Å². The number of hydrogen-bond donors (Lipinski definition) is 1. The van der Waals surface area contributed by atoms with E-state index < -0.39 is 0 Å². The molecule has 1 heterocycles. The molecule has 90 valence electrons. The summed E-state index contributed by atoms with van der Waals surface area (Å²) in [5.74, 6) is 0. The standard InChI is InChI=1S/C14H16BrNS/c1-9-7-13(15)10(2)6-12(9)14(16-3)11-4-5-17-8-11/h4-8,14,16H,1-3H3. The van der Waals surface area contributed by atoms with Crippen LogP contribution in [0.3, 0.4) is 0 Å². The lowest BCUT2D eigenvalue weighted by molar-refractivity contribution is 0.689. The van der Waals surface area contributed by atoms with Crippen LogP contribution in [0.1, 0.15) is 28.3 Å². The Labute approximate surface area is 115 Å². The average Bonchev–Trinajstić information content (AvgIpc) is 2.80. The fraction of sp³-hybridized carbons (Fsp3) is 0.286. The summed E-state index contributed by atoms with van der Waals surface area (Å²) in [5.41, 5.74) is 5.28. The van der Waals surface area contributed by atoms with Gasteiger partial charge in [-0.05, 0) is 66.0 Å². The van der Waals surface area contributed by atoms with Gasteiger partial charge in [0.1, 0.15) is 0 Å². The van der Waals surface area contributed by atoms with Crippen LogP contribution in [0.5, 0.6) is 0 Å². The second-order valence-corrected chi connectivity index (χ2v) is 5.87. The third-order valence-corrected chi connectivity index (χ3v) is 4.58. The first-order chi connectivity index (χ1) is 8.13. The number of rotatable bonds is 3. The maximum Gasteiger partial charge on any atom is 0.0585 e. The maximum atomic E-state index is 3.58. The largest absolute Gasteiger partial charge is 0.309 e. The first-order valence-corrected chi connectivity index (χ1v) is 7.33. The van der Waals surface area contributed by atoms with Crippen molar-refractivity contribution in [1.29, 1.82) is 0 Å². The van der Waals surface area contributed by atoms with Gasteiger partial charge in [0, 0.05) is 4.47 Å². The monoisotopic (exact) mass is 309 g/mol. The van der Waals surface area contributed by atoms with Gasteiger partial charge in [-0.2, -0.15) is 11.3 Å². The summed E-state index contributed by atoms with van der Waals surface area (Å²) in [7, 11) is 2.01. The Balaban J connectivity index is 2.48. The average molecular weight is 310 g/mol. The number of thiophene rings is 1. The van der Waals surface area contributed by atoms with E-state index in [4.69, 9.17) is 0 Å². The number of hydrogen-bond acceptors (Lipinski definition) is 2. The van der Waals surface area contributed by atoms with Crippen molar-refractivity contribution in [1.82, 2.24) is 5.32 Å². The minimum Gasteiger partial charge on any atom is -0.309 e. The van der Waals surface area contributed by atoms with Crippen LogP contribution in [0.4, 0.5) is 0 Å². The van der Waals surface area contributed by atoms with Crippen LogP contribution in [-0.2, 0) is 0 Å². The Hall–Kier alpha value is -0.640. The van der Waals surface area contributed by atoms with Crippen molar-refractivity contribution < 1.29 is 0 Å². The van der Waals surface area contributed by atoms with Crippen molar-refractivity contribution >= 4 is 27.3 Å². The summed E-state index contributed by atoms with van der Waals surface area (Å²) in [4.78, 5) is 0. The minimum atomic E-state index is 0.285. The summed E-state index contributed by atoms with van der Waals surface area (Å²) in [6, 6.07) is 6.93. The summed E-state index contributed by atoms with van der Waals surface area (Å²) in [5, 5.41) is 7.73. The highest BCUT2D eigenvalue weighted by Crippen LogP contribution is 2.30. The predicted octanol–water partition coefficient (Wildman–Crippen LogP) is 4.44. The van der Waals surface area contributed by atoms with Crippen LogP contribution in [0.2, 0.25) is 0 Å². The van der Waals surface area contributed by atoms with Crippen LogP contribution < -0.4 is 5.32 Å². The first-order valence-electron chi connectivity index (χ1n) is 5.59. The van der Waals surface area contributed by atoms with Gasteiger partial charge in [-0.1, -0.05) is 22.0 Å². The molecule has 17 heavy (non-hydrogen) atoms. The van der Waals surface area contributed by atoms with Gasteiger partial charge in [-0.25, -0.2) is 0 Å². The molecule has 0 aliphatic rings. The minimum absolute atomic E-state index is 0.285. The zero-order valence-electron chi connectivity index (χ0n) is 10.3. The molecule has 0 saturated heterocycles. The van der Waals surface area contributed by atoms with Crippen LogP contribution in [0.25, 0.3) is 0 Å². The van der Waals surface area contributed by atoms with Crippen LogP contribution >= 0.6 is 27.3 Å². The van der Waals surface area contributed by atoms with Crippen molar-refractivity contribution in [3.8, 4) is 0 Å². The number of benzene rings is 1. The normalized spacial score (nSPS) is 12.7. The third kappa shape index (κ3) is 2.62. The number of halogens is 1. The smallest absolute Gasteiger partial charge is 0.0585 e. The Morgan fingerprint density at radius 2 is 2.00 bits per heavy atom. The summed E-state index contributed by atoms with van der Waals surface area (Å²) >= 11 is 5.32. The zero-order valence-corrected chi connectivity index (χ0v) is 12.7. The van der Waals surface area contributed by atoms with E-state index in [9.17, 15) is 0 Å². The van der Waals surface area contributed by atoms with E-state index in [1.807, 2.05) is 7.05 Å². The van der Waals surface area contributed by atoms with Crippen molar-refractivity contribution in [3.63, 3.8) is 0 Å². The fourth-order valence-electron chi connectivity index (χ4n) is 2.06. The molecule has 1 aromatic carbocycles. The maximum absolute atomic E-state index is 3.58. The molecule has 0 saturated carbocycles. The SMILES string of the molecule is CNC(c1ccsc1)c1cc(C)c(Br)cc1C. The molecule has 0 aliphatic carbocycles. The lowest BCUT2D eigenvalue weighted by Crippen LogP contribution is -2.18. The van der Waals surface area contributed by atoms with Crippen molar-refractivity contribution in [2.45, 2.75) is 19.9 Å². The highest BCUT2D eigenvalue weighted by Gasteiger charge is 2.15. The molecule has 0 aliphatic heterocycles. The fourth-order valence-corrected chi connectivity index (χ4v) is 3.20. The molecule has 2 rings (SSSR count). The molecule has 1 N–H and O–H groups in total. The van der Waals surface area contributed by atoms with Crippen molar-refractivity contribution in [2.75, 3.05) is 7.05 Å². The van der Waals surface area contributed by atoms with E-state index in [0.29, 0.717) is 0 Å². The highest BCUT2D eigenvalue weighted by atomic mass is 79.9. The molecule has 1 unspecified atom stereocenters. The molecule has 1 atom stereocenters. The Morgan fingerprint density at radius 3 is 2.59 bits per heavy atom. The van der Waals surface area contributed by atoms with Gasteiger partial charge in [0.25, 0.3) is 0 Å². The third-order valence-electron chi connectivity index (χ3n) is 3.02. The topological polar surface area (TPSA) is 12.0 Å². The molecule has 1 aromatic heterocycles.